The molecule has 2 aromatic rings. The highest BCUT2D eigenvalue weighted by molar-refractivity contribution is 8.01. The van der Waals surface area contributed by atoms with Gasteiger partial charge >= 0.3 is 0 Å². The molecule has 0 spiro atoms. The molecule has 0 radical (unpaired) electrons. The summed E-state index contributed by atoms with van der Waals surface area (Å²) >= 11 is 1.24. The van der Waals surface area contributed by atoms with Crippen molar-refractivity contribution in [2.75, 3.05) is 16.4 Å². The van der Waals surface area contributed by atoms with Crippen LogP contribution in [0.3, 0.4) is 0 Å². The van der Waals surface area contributed by atoms with Gasteiger partial charge in [-0.1, -0.05) is 32.9 Å². The Kier molecular flexibility index (Phi) is 7.02. The molecule has 144 valence electrons. The lowest BCUT2D eigenvalue weighted by Crippen LogP contribution is -2.25. The number of hydrogen-bond acceptors (Lipinski definition) is 3. The number of halogens is 1. The van der Waals surface area contributed by atoms with Gasteiger partial charge in [-0.3, -0.25) is 9.59 Å². The van der Waals surface area contributed by atoms with Crippen molar-refractivity contribution in [1.82, 2.24) is 0 Å². The van der Waals surface area contributed by atoms with Gasteiger partial charge in [0, 0.05) is 11.4 Å². The summed E-state index contributed by atoms with van der Waals surface area (Å²) < 4.78 is 12.9. The van der Waals surface area contributed by atoms with Gasteiger partial charge in [-0.25, -0.2) is 4.39 Å². The van der Waals surface area contributed by atoms with Crippen LogP contribution in [-0.4, -0.2) is 22.8 Å². The molecule has 4 nitrogen and oxygen atoms in total. The highest BCUT2D eigenvalue weighted by Crippen LogP contribution is 2.24. The van der Waals surface area contributed by atoms with E-state index in [4.69, 9.17) is 0 Å². The van der Waals surface area contributed by atoms with Crippen molar-refractivity contribution in [3.8, 4) is 0 Å². The molecule has 2 amide bonds. The Bertz CT molecular complexity index is 783. The molecule has 0 aliphatic rings. The molecule has 0 aliphatic carbocycles. The van der Waals surface area contributed by atoms with Crippen LogP contribution >= 0.6 is 11.8 Å². The minimum absolute atomic E-state index is 0.0591. The van der Waals surface area contributed by atoms with Crippen molar-refractivity contribution >= 4 is 35.0 Å². The molecule has 0 fully saturated rings. The summed E-state index contributed by atoms with van der Waals surface area (Å²) in [4.78, 5) is 24.3. The van der Waals surface area contributed by atoms with Crippen LogP contribution in [-0.2, 0) is 15.0 Å². The lowest BCUT2D eigenvalue weighted by Gasteiger charge is -2.19. The molecule has 27 heavy (non-hydrogen) atoms. The molecule has 0 aromatic heterocycles. The Morgan fingerprint density at radius 1 is 0.963 bits per heavy atom. The zero-order chi connectivity index (χ0) is 20.0. The molecule has 6 heteroatoms. The van der Waals surface area contributed by atoms with Crippen LogP contribution in [0, 0.1) is 5.82 Å². The minimum Gasteiger partial charge on any atom is -0.325 e. The van der Waals surface area contributed by atoms with E-state index in [9.17, 15) is 14.0 Å². The van der Waals surface area contributed by atoms with Crippen molar-refractivity contribution in [2.45, 2.75) is 38.4 Å². The van der Waals surface area contributed by atoms with Gasteiger partial charge in [0.2, 0.25) is 11.8 Å². The molecule has 0 heterocycles. The van der Waals surface area contributed by atoms with E-state index in [2.05, 4.69) is 31.4 Å². The number of hydrogen-bond donors (Lipinski definition) is 2. The number of carbonyl (C=O) groups is 2. The van der Waals surface area contributed by atoms with Crippen molar-refractivity contribution in [3.63, 3.8) is 0 Å². The molecule has 2 rings (SSSR count). The minimum atomic E-state index is -0.383. The van der Waals surface area contributed by atoms with Gasteiger partial charge < -0.3 is 10.6 Å². The van der Waals surface area contributed by atoms with Crippen molar-refractivity contribution < 1.29 is 14.0 Å². The normalized spacial score (nSPS) is 12.3. The fourth-order valence-corrected chi connectivity index (χ4v) is 2.99. The largest absolute Gasteiger partial charge is 0.325 e. The molecule has 0 saturated heterocycles. The van der Waals surface area contributed by atoms with Gasteiger partial charge in [0.25, 0.3) is 0 Å². The summed E-state index contributed by atoms with van der Waals surface area (Å²) in [6, 6.07) is 13.3. The predicted molar refractivity (Wildman–Crippen MR) is 111 cm³/mol. The summed E-state index contributed by atoms with van der Waals surface area (Å²) in [6.45, 7) is 8.16. The third-order valence-electron chi connectivity index (χ3n) is 3.98. The highest BCUT2D eigenvalue weighted by Gasteiger charge is 2.17. The second kappa shape index (κ2) is 9.04. The number of carbonyl (C=O) groups excluding carboxylic acids is 2. The number of anilines is 2. The Balaban J connectivity index is 1.81. The fourth-order valence-electron chi connectivity index (χ4n) is 2.30. The van der Waals surface area contributed by atoms with Gasteiger partial charge in [0.05, 0.1) is 11.0 Å². The molecular weight excluding hydrogens is 363 g/mol. The maximum atomic E-state index is 12.9. The molecular formula is C21H25FN2O2S. The summed E-state index contributed by atoms with van der Waals surface area (Å²) in [7, 11) is 0. The van der Waals surface area contributed by atoms with Crippen molar-refractivity contribution in [2.24, 2.45) is 0 Å². The lowest BCUT2D eigenvalue weighted by molar-refractivity contribution is -0.115. The van der Waals surface area contributed by atoms with Crippen LogP contribution in [0.1, 0.15) is 33.3 Å². The van der Waals surface area contributed by atoms with E-state index < -0.39 is 0 Å². The second-order valence-corrected chi connectivity index (χ2v) is 8.65. The SMILES string of the molecule is C[C@H](SCC(=O)Nc1ccc(F)cc1)C(=O)Nc1ccc(C(C)(C)C)cc1. The number of thioether (sulfide) groups is 1. The molecule has 1 atom stereocenters. The Morgan fingerprint density at radius 3 is 2.04 bits per heavy atom. The van der Waals surface area contributed by atoms with E-state index in [1.54, 1.807) is 6.92 Å². The van der Waals surface area contributed by atoms with Gasteiger partial charge in [0.1, 0.15) is 5.82 Å². The zero-order valence-corrected chi connectivity index (χ0v) is 16.8. The van der Waals surface area contributed by atoms with Crippen molar-refractivity contribution in [1.29, 1.82) is 0 Å². The first-order valence-corrected chi connectivity index (χ1v) is 9.78. The topological polar surface area (TPSA) is 58.2 Å². The predicted octanol–water partition coefficient (Wildman–Crippen LogP) is 4.82. The average molecular weight is 389 g/mol. The maximum Gasteiger partial charge on any atom is 0.237 e. The van der Waals surface area contributed by atoms with Gasteiger partial charge in [-0.05, 0) is 54.3 Å². The van der Waals surface area contributed by atoms with E-state index in [1.165, 1.54) is 41.6 Å². The lowest BCUT2D eigenvalue weighted by atomic mass is 9.87. The molecule has 0 aliphatic heterocycles. The Labute approximate surface area is 163 Å². The Hall–Kier alpha value is -2.34. The molecule has 0 saturated carbocycles. The smallest absolute Gasteiger partial charge is 0.237 e. The first-order valence-electron chi connectivity index (χ1n) is 8.73. The maximum absolute atomic E-state index is 12.9. The summed E-state index contributed by atoms with van der Waals surface area (Å²) in [6.07, 6.45) is 0. The van der Waals surface area contributed by atoms with Crippen LogP contribution in [0.4, 0.5) is 15.8 Å². The summed E-state index contributed by atoms with van der Waals surface area (Å²) in [5.41, 5.74) is 2.51. The van der Waals surface area contributed by atoms with Crippen LogP contribution in [0.15, 0.2) is 48.5 Å². The third kappa shape index (κ3) is 6.71. The zero-order valence-electron chi connectivity index (χ0n) is 16.0. The standard InChI is InChI=1S/C21H25FN2O2S/c1-14(27-13-19(25)23-17-11-7-16(22)8-12-17)20(26)24-18-9-5-15(6-10-18)21(2,3)4/h5-12,14H,13H2,1-4H3,(H,23,25)(H,24,26)/t14-/m0/s1. The van der Waals surface area contributed by atoms with Gasteiger partial charge in [-0.2, -0.15) is 0 Å². The number of rotatable bonds is 6. The quantitative estimate of drug-likeness (QED) is 0.746. The molecule has 2 aromatic carbocycles. The van der Waals surface area contributed by atoms with Crippen LogP contribution in [0.5, 0.6) is 0 Å². The molecule has 0 bridgehead atoms. The monoisotopic (exact) mass is 388 g/mol. The first kappa shape index (κ1) is 21.0. The first-order chi connectivity index (χ1) is 12.6. The molecule has 2 N–H and O–H groups in total. The van der Waals surface area contributed by atoms with E-state index in [-0.39, 0.29) is 34.0 Å². The highest BCUT2D eigenvalue weighted by atomic mass is 32.2. The van der Waals surface area contributed by atoms with Crippen LogP contribution < -0.4 is 10.6 Å². The second-order valence-electron chi connectivity index (χ2n) is 7.32. The summed E-state index contributed by atoms with van der Waals surface area (Å²) in [5, 5.41) is 5.16. The van der Waals surface area contributed by atoms with Crippen LogP contribution in [0.25, 0.3) is 0 Å². The Morgan fingerprint density at radius 2 is 1.48 bits per heavy atom. The number of nitrogens with one attached hydrogen (secondary N) is 2. The fraction of sp³-hybridized carbons (Fsp3) is 0.333. The third-order valence-corrected chi connectivity index (χ3v) is 5.12. The van der Waals surface area contributed by atoms with E-state index in [1.807, 2.05) is 24.3 Å². The number of amides is 2. The van der Waals surface area contributed by atoms with Gasteiger partial charge in [0.15, 0.2) is 0 Å². The van der Waals surface area contributed by atoms with E-state index in [0.29, 0.717) is 5.69 Å². The van der Waals surface area contributed by atoms with E-state index >= 15 is 0 Å². The van der Waals surface area contributed by atoms with E-state index in [0.717, 1.165) is 5.69 Å². The number of benzene rings is 2. The van der Waals surface area contributed by atoms with Crippen LogP contribution in [0.2, 0.25) is 0 Å². The summed E-state index contributed by atoms with van der Waals surface area (Å²) in [5.74, 6) is -0.614. The van der Waals surface area contributed by atoms with Crippen molar-refractivity contribution in [3.05, 3.63) is 59.9 Å². The molecule has 0 unspecified atom stereocenters. The van der Waals surface area contributed by atoms with Gasteiger partial charge in [-0.15, -0.1) is 11.8 Å². The average Bonchev–Trinajstić information content (AvgIpc) is 2.61.